The lowest BCUT2D eigenvalue weighted by atomic mass is 10.1. The fourth-order valence-corrected chi connectivity index (χ4v) is 4.89. The molecule has 2 heterocycles. The smallest absolute Gasteiger partial charge is 0.283 e. The molecule has 35 heavy (non-hydrogen) atoms. The highest BCUT2D eigenvalue weighted by atomic mass is 32.3. The molecular weight excluding hydrogens is 492 g/mol. The summed E-state index contributed by atoms with van der Waals surface area (Å²) in [4.78, 5) is 16.4. The van der Waals surface area contributed by atoms with Crippen LogP contribution in [-0.4, -0.2) is 61.3 Å². The van der Waals surface area contributed by atoms with Gasteiger partial charge in [0.25, 0.3) is 5.91 Å². The Balaban J connectivity index is 1.47. The van der Waals surface area contributed by atoms with Gasteiger partial charge in [0, 0.05) is 6.26 Å². The van der Waals surface area contributed by atoms with Crippen molar-refractivity contribution in [3.63, 3.8) is 0 Å². The number of hydrogen-bond acceptors (Lipinski definition) is 9. The number of methoxy groups -OCH3 is 1. The highest BCUT2D eigenvalue weighted by Gasteiger charge is 2.38. The average molecular weight is 515 g/mol. The number of hydrogen-bond donors (Lipinski definition) is 1. The third-order valence-corrected chi connectivity index (χ3v) is 7.43. The molecule has 0 saturated heterocycles. The van der Waals surface area contributed by atoms with Gasteiger partial charge in [0.05, 0.1) is 12.7 Å². The quantitative estimate of drug-likeness (QED) is 0.441. The molecule has 2 aromatic rings. The zero-order valence-corrected chi connectivity index (χ0v) is 20.8. The van der Waals surface area contributed by atoms with Crippen LogP contribution >= 0.6 is 11.8 Å². The number of fused-ring (bicyclic) bond motifs is 1. The van der Waals surface area contributed by atoms with Crippen LogP contribution in [0.4, 0.5) is 0 Å². The largest absolute Gasteiger partial charge is 0.493 e. The van der Waals surface area contributed by atoms with Crippen molar-refractivity contribution in [3.05, 3.63) is 59.2 Å². The second-order valence-corrected chi connectivity index (χ2v) is 10.7. The first kappa shape index (κ1) is 24.5. The lowest BCUT2D eigenvalue weighted by Crippen LogP contribution is -2.35. The summed E-state index contributed by atoms with van der Waals surface area (Å²) in [5.41, 5.74) is 1.64. The third-order valence-electron chi connectivity index (χ3n) is 4.85. The molecule has 0 saturated carbocycles. The average Bonchev–Trinajstić information content (AvgIpc) is 3.25. The van der Waals surface area contributed by atoms with Crippen LogP contribution in [0.2, 0.25) is 0 Å². The maximum atomic E-state index is 12.5. The van der Waals surface area contributed by atoms with Gasteiger partial charge >= 0.3 is 0 Å². The van der Waals surface area contributed by atoms with Gasteiger partial charge in [0.2, 0.25) is 19.4 Å². The lowest BCUT2D eigenvalue weighted by Gasteiger charge is -2.20. The van der Waals surface area contributed by atoms with Crippen LogP contribution in [0, 0.1) is 12.3 Å². The number of amides is 1. The molecule has 182 valence electrons. The zero-order valence-electron chi connectivity index (χ0n) is 19.1. The molecule has 0 aromatic heterocycles. The Morgan fingerprint density at radius 1 is 1.11 bits per heavy atom. The molecule has 4 rings (SSSR count). The van der Waals surface area contributed by atoms with Gasteiger partial charge in [0.1, 0.15) is 19.0 Å². The van der Waals surface area contributed by atoms with Crippen LogP contribution in [0.1, 0.15) is 11.1 Å². The van der Waals surface area contributed by atoms with Crippen molar-refractivity contribution in [1.29, 1.82) is 5.41 Å². The number of ether oxygens (including phenoxy) is 3. The second kappa shape index (κ2) is 9.92. The summed E-state index contributed by atoms with van der Waals surface area (Å²) in [7, 11) is -2.10. The minimum atomic E-state index is -3.60. The first-order valence-corrected chi connectivity index (χ1v) is 13.1. The molecule has 0 atom stereocenters. The molecule has 0 aliphatic carbocycles. The number of nitrogens with zero attached hydrogens (tertiary/aromatic N) is 3. The molecule has 10 nitrogen and oxygen atoms in total. The number of hydrazone groups is 1. The van der Waals surface area contributed by atoms with Crippen LogP contribution < -0.4 is 14.2 Å². The van der Waals surface area contributed by atoms with E-state index in [2.05, 4.69) is 10.1 Å². The van der Waals surface area contributed by atoms with Crippen LogP contribution in [0.25, 0.3) is 6.08 Å². The monoisotopic (exact) mass is 514 g/mol. The van der Waals surface area contributed by atoms with E-state index in [0.29, 0.717) is 30.3 Å². The van der Waals surface area contributed by atoms with Gasteiger partial charge in [-0.1, -0.05) is 18.2 Å². The molecule has 0 bridgehead atoms. The normalized spacial score (nSPS) is 16.7. The van der Waals surface area contributed by atoms with E-state index in [0.717, 1.165) is 34.3 Å². The van der Waals surface area contributed by atoms with Crippen molar-refractivity contribution in [2.75, 3.05) is 26.6 Å². The van der Waals surface area contributed by atoms with E-state index in [1.165, 1.54) is 13.2 Å². The molecule has 0 spiro atoms. The van der Waals surface area contributed by atoms with Crippen molar-refractivity contribution in [3.8, 4) is 17.2 Å². The highest BCUT2D eigenvalue weighted by molar-refractivity contribution is 8.42. The van der Waals surface area contributed by atoms with E-state index in [1.807, 2.05) is 31.2 Å². The minimum Gasteiger partial charge on any atom is -0.493 e. The number of sulfone groups is 1. The van der Waals surface area contributed by atoms with Crippen molar-refractivity contribution in [1.82, 2.24) is 5.01 Å². The van der Waals surface area contributed by atoms with Crippen molar-refractivity contribution >= 4 is 49.0 Å². The summed E-state index contributed by atoms with van der Waals surface area (Å²) >= 11 is 0.736. The molecule has 12 heteroatoms. The van der Waals surface area contributed by atoms with Crippen molar-refractivity contribution in [2.45, 2.75) is 6.92 Å². The maximum Gasteiger partial charge on any atom is 0.283 e. The number of carbonyl (C=O) groups is 1. The van der Waals surface area contributed by atoms with E-state index in [-0.39, 0.29) is 21.0 Å². The predicted molar refractivity (Wildman–Crippen MR) is 135 cm³/mol. The van der Waals surface area contributed by atoms with E-state index in [9.17, 15) is 13.2 Å². The molecular formula is C23H22N4O6S2. The van der Waals surface area contributed by atoms with Gasteiger partial charge in [-0.15, -0.1) is 5.10 Å². The minimum absolute atomic E-state index is 0.0323. The number of thioether (sulfide) groups is 1. The zero-order chi connectivity index (χ0) is 25.2. The topological polar surface area (TPSA) is 131 Å². The van der Waals surface area contributed by atoms with Crippen LogP contribution in [0.5, 0.6) is 17.2 Å². The van der Waals surface area contributed by atoms with Crippen LogP contribution in [-0.2, 0) is 14.6 Å². The van der Waals surface area contributed by atoms with Gasteiger partial charge in [-0.3, -0.25) is 10.2 Å². The van der Waals surface area contributed by atoms with Gasteiger partial charge < -0.3 is 14.2 Å². The third kappa shape index (κ3) is 5.54. The summed E-state index contributed by atoms with van der Waals surface area (Å²) in [6, 6.07) is 12.8. The van der Waals surface area contributed by atoms with E-state index in [4.69, 9.17) is 19.6 Å². The molecule has 1 amide bonds. The predicted octanol–water partition coefficient (Wildman–Crippen LogP) is 3.08. The number of benzene rings is 2. The standard InChI is InChI=1S/C23H22N4O6S2/c1-14-5-4-6-16(11-14)32-9-10-33-18-8-7-15(13-19(18)31-2)12-17-20(24)27-22(25-21(17)28)34-23(26-27)35(3,29)30/h4-8,11-13,24H,9-10H2,1-3H3/b17-12-,24-20?. The molecule has 2 aliphatic rings. The Labute approximate surface area is 206 Å². The van der Waals surface area contributed by atoms with E-state index >= 15 is 0 Å². The highest BCUT2D eigenvalue weighted by Crippen LogP contribution is 2.32. The summed E-state index contributed by atoms with van der Waals surface area (Å²) in [5, 5.41) is 13.4. The Bertz CT molecular complexity index is 1400. The fraction of sp³-hybridized carbons (Fsp3) is 0.217. The summed E-state index contributed by atoms with van der Waals surface area (Å²) in [6.45, 7) is 2.62. The Kier molecular flexibility index (Phi) is 6.94. The maximum absolute atomic E-state index is 12.5. The number of aryl methyl sites for hydroxylation is 1. The van der Waals surface area contributed by atoms with Gasteiger partial charge in [-0.2, -0.15) is 10.0 Å². The van der Waals surface area contributed by atoms with Crippen LogP contribution in [0.3, 0.4) is 0 Å². The SMILES string of the molecule is COc1cc(/C=C2/C(=N)N3N=C(S(C)(=O)=O)SC3=NC2=O)ccc1OCCOc1cccc(C)c1. The van der Waals surface area contributed by atoms with Gasteiger partial charge in [0.15, 0.2) is 17.3 Å². The number of rotatable bonds is 7. The molecule has 0 fully saturated rings. The summed E-state index contributed by atoms with van der Waals surface area (Å²) in [5.74, 6) is 0.761. The lowest BCUT2D eigenvalue weighted by molar-refractivity contribution is -0.114. The fourth-order valence-electron chi connectivity index (χ4n) is 3.20. The van der Waals surface area contributed by atoms with Crippen LogP contribution in [0.15, 0.2) is 58.1 Å². The summed E-state index contributed by atoms with van der Waals surface area (Å²) in [6.07, 6.45) is 2.47. The number of carbonyl (C=O) groups excluding carboxylic acids is 1. The molecule has 1 N–H and O–H groups in total. The van der Waals surface area contributed by atoms with Gasteiger partial charge in [-0.25, -0.2) is 8.42 Å². The number of nitrogens with one attached hydrogen (secondary N) is 1. The molecule has 0 radical (unpaired) electrons. The molecule has 0 unspecified atom stereocenters. The Morgan fingerprint density at radius 3 is 2.60 bits per heavy atom. The number of amidine groups is 2. The Morgan fingerprint density at radius 2 is 1.89 bits per heavy atom. The first-order valence-electron chi connectivity index (χ1n) is 10.4. The van der Waals surface area contributed by atoms with Crippen molar-refractivity contribution in [2.24, 2.45) is 10.1 Å². The van der Waals surface area contributed by atoms with Gasteiger partial charge in [-0.05, 0) is 60.2 Å². The van der Waals surface area contributed by atoms with E-state index < -0.39 is 15.7 Å². The number of aliphatic imine (C=N–C) groups is 1. The van der Waals surface area contributed by atoms with Crippen molar-refractivity contribution < 1.29 is 27.4 Å². The van der Waals surface area contributed by atoms with E-state index in [1.54, 1.807) is 18.2 Å². The summed E-state index contributed by atoms with van der Waals surface area (Å²) < 4.78 is 40.2. The molecule has 2 aliphatic heterocycles. The second-order valence-electron chi connectivity index (χ2n) is 7.58. The molecule has 2 aromatic carbocycles. The first-order chi connectivity index (χ1) is 16.7. The Hall–Kier alpha value is -3.64.